The quantitative estimate of drug-likeness (QED) is 0.618. The second kappa shape index (κ2) is 9.30. The molecule has 2 N–H and O–H groups in total. The van der Waals surface area contributed by atoms with E-state index < -0.39 is 0 Å². The SMILES string of the molecule is COCCCNC(=O)CN1CCCCC1CCO. The van der Waals surface area contributed by atoms with Crippen LogP contribution >= 0.6 is 0 Å². The number of carbonyl (C=O) groups is 1. The number of amides is 1. The fraction of sp³-hybridized carbons (Fsp3) is 0.923. The average molecular weight is 258 g/mol. The number of likely N-dealkylation sites (tertiary alicyclic amines) is 1. The third-order valence-corrected chi connectivity index (χ3v) is 3.41. The molecule has 1 aliphatic heterocycles. The molecular formula is C13H26N2O3. The molecule has 1 amide bonds. The van der Waals surface area contributed by atoms with Gasteiger partial charge in [0.05, 0.1) is 6.54 Å². The van der Waals surface area contributed by atoms with Gasteiger partial charge in [-0.3, -0.25) is 9.69 Å². The number of aliphatic hydroxyl groups excluding tert-OH is 1. The van der Waals surface area contributed by atoms with Crippen LogP contribution < -0.4 is 5.32 Å². The highest BCUT2D eigenvalue weighted by molar-refractivity contribution is 5.78. The Kier molecular flexibility index (Phi) is 7.96. The third-order valence-electron chi connectivity index (χ3n) is 3.41. The van der Waals surface area contributed by atoms with E-state index in [1.165, 1.54) is 6.42 Å². The van der Waals surface area contributed by atoms with Crippen molar-refractivity contribution in [1.82, 2.24) is 10.2 Å². The molecular weight excluding hydrogens is 232 g/mol. The van der Waals surface area contributed by atoms with Crippen LogP contribution in [0.25, 0.3) is 0 Å². The first-order valence-corrected chi connectivity index (χ1v) is 6.88. The average Bonchev–Trinajstić information content (AvgIpc) is 2.37. The fourth-order valence-corrected chi connectivity index (χ4v) is 2.43. The van der Waals surface area contributed by atoms with Gasteiger partial charge in [0.15, 0.2) is 0 Å². The van der Waals surface area contributed by atoms with Gasteiger partial charge in [-0.05, 0) is 32.2 Å². The van der Waals surface area contributed by atoms with Crippen LogP contribution in [-0.2, 0) is 9.53 Å². The Morgan fingerprint density at radius 2 is 2.33 bits per heavy atom. The Morgan fingerprint density at radius 1 is 1.50 bits per heavy atom. The standard InChI is InChI=1S/C13H26N2O3/c1-18-10-4-7-14-13(17)11-15-8-3-2-5-12(15)6-9-16/h12,16H,2-11H2,1H3,(H,14,17). The number of carbonyl (C=O) groups excluding carboxylic acids is 1. The second-order valence-electron chi connectivity index (χ2n) is 4.83. The van der Waals surface area contributed by atoms with E-state index >= 15 is 0 Å². The lowest BCUT2D eigenvalue weighted by Gasteiger charge is -2.34. The maximum absolute atomic E-state index is 11.8. The Hall–Kier alpha value is -0.650. The van der Waals surface area contributed by atoms with E-state index in [4.69, 9.17) is 9.84 Å². The van der Waals surface area contributed by atoms with Crippen LogP contribution in [0.2, 0.25) is 0 Å². The molecule has 0 radical (unpaired) electrons. The van der Waals surface area contributed by atoms with Crippen molar-refractivity contribution < 1.29 is 14.6 Å². The number of methoxy groups -OCH3 is 1. The highest BCUT2D eigenvalue weighted by atomic mass is 16.5. The van der Waals surface area contributed by atoms with Crippen molar-refractivity contribution in [2.45, 2.75) is 38.1 Å². The Bertz CT molecular complexity index is 234. The van der Waals surface area contributed by atoms with E-state index in [0.29, 0.717) is 25.7 Å². The first-order chi connectivity index (χ1) is 8.77. The summed E-state index contributed by atoms with van der Waals surface area (Å²) in [6.07, 6.45) is 5.08. The molecule has 1 heterocycles. The van der Waals surface area contributed by atoms with Crippen molar-refractivity contribution in [1.29, 1.82) is 0 Å². The van der Waals surface area contributed by atoms with Gasteiger partial charge in [0, 0.05) is 32.9 Å². The minimum absolute atomic E-state index is 0.0796. The topological polar surface area (TPSA) is 61.8 Å². The van der Waals surface area contributed by atoms with Crippen molar-refractivity contribution in [3.05, 3.63) is 0 Å². The van der Waals surface area contributed by atoms with Gasteiger partial charge in [-0.15, -0.1) is 0 Å². The Morgan fingerprint density at radius 3 is 3.06 bits per heavy atom. The van der Waals surface area contributed by atoms with E-state index in [0.717, 1.165) is 32.2 Å². The highest BCUT2D eigenvalue weighted by Gasteiger charge is 2.23. The van der Waals surface area contributed by atoms with Gasteiger partial charge < -0.3 is 15.2 Å². The van der Waals surface area contributed by atoms with Gasteiger partial charge >= 0.3 is 0 Å². The Balaban J connectivity index is 2.23. The summed E-state index contributed by atoms with van der Waals surface area (Å²) in [6, 6.07) is 0.369. The molecule has 18 heavy (non-hydrogen) atoms. The van der Waals surface area contributed by atoms with E-state index in [9.17, 15) is 4.79 Å². The lowest BCUT2D eigenvalue weighted by Crippen LogP contribution is -2.46. The van der Waals surface area contributed by atoms with Crippen LogP contribution in [-0.4, -0.2) is 61.9 Å². The molecule has 0 aliphatic carbocycles. The minimum Gasteiger partial charge on any atom is -0.396 e. The van der Waals surface area contributed by atoms with Crippen molar-refractivity contribution in [3.8, 4) is 0 Å². The molecule has 0 saturated carbocycles. The molecule has 1 fully saturated rings. The van der Waals surface area contributed by atoms with E-state index in [1.807, 2.05) is 0 Å². The second-order valence-corrected chi connectivity index (χ2v) is 4.83. The number of rotatable bonds is 8. The van der Waals surface area contributed by atoms with Gasteiger partial charge in [0.2, 0.25) is 5.91 Å². The zero-order valence-electron chi connectivity index (χ0n) is 11.4. The molecule has 1 saturated heterocycles. The molecule has 0 aromatic carbocycles. The summed E-state index contributed by atoms with van der Waals surface area (Å²) < 4.78 is 4.93. The summed E-state index contributed by atoms with van der Waals surface area (Å²) in [6.45, 7) is 2.98. The van der Waals surface area contributed by atoms with Crippen molar-refractivity contribution in [2.24, 2.45) is 0 Å². The van der Waals surface area contributed by atoms with Gasteiger partial charge in [-0.2, -0.15) is 0 Å². The normalized spacial score (nSPS) is 20.9. The van der Waals surface area contributed by atoms with Gasteiger partial charge in [-0.25, -0.2) is 0 Å². The smallest absolute Gasteiger partial charge is 0.234 e. The van der Waals surface area contributed by atoms with Crippen LogP contribution in [0.5, 0.6) is 0 Å². The number of hydrogen-bond acceptors (Lipinski definition) is 4. The van der Waals surface area contributed by atoms with Crippen LogP contribution in [0.1, 0.15) is 32.1 Å². The molecule has 1 rings (SSSR count). The zero-order chi connectivity index (χ0) is 13.2. The summed E-state index contributed by atoms with van der Waals surface area (Å²) in [5, 5.41) is 11.9. The number of piperidine rings is 1. The Labute approximate surface area is 109 Å². The molecule has 0 bridgehead atoms. The molecule has 0 aromatic rings. The lowest BCUT2D eigenvalue weighted by molar-refractivity contribution is -0.123. The summed E-state index contributed by atoms with van der Waals surface area (Å²) in [7, 11) is 1.66. The summed E-state index contributed by atoms with van der Waals surface area (Å²) in [4.78, 5) is 14.0. The summed E-state index contributed by atoms with van der Waals surface area (Å²) >= 11 is 0. The predicted octanol–water partition coefficient (Wildman–Crippen LogP) is 0.376. The lowest BCUT2D eigenvalue weighted by atomic mass is 10.00. The number of nitrogens with one attached hydrogen (secondary N) is 1. The van der Waals surface area contributed by atoms with Gasteiger partial charge in [0.1, 0.15) is 0 Å². The monoisotopic (exact) mass is 258 g/mol. The van der Waals surface area contributed by atoms with Crippen LogP contribution in [0.3, 0.4) is 0 Å². The van der Waals surface area contributed by atoms with E-state index in [1.54, 1.807) is 7.11 Å². The third kappa shape index (κ3) is 5.80. The molecule has 5 nitrogen and oxygen atoms in total. The molecule has 0 spiro atoms. The van der Waals surface area contributed by atoms with Crippen LogP contribution in [0.4, 0.5) is 0 Å². The van der Waals surface area contributed by atoms with Crippen molar-refractivity contribution >= 4 is 5.91 Å². The molecule has 106 valence electrons. The molecule has 5 heteroatoms. The minimum atomic E-state index is 0.0796. The van der Waals surface area contributed by atoms with Crippen LogP contribution in [0, 0.1) is 0 Å². The number of nitrogens with zero attached hydrogens (tertiary/aromatic N) is 1. The first-order valence-electron chi connectivity index (χ1n) is 6.88. The maximum Gasteiger partial charge on any atom is 0.234 e. The van der Waals surface area contributed by atoms with E-state index in [-0.39, 0.29) is 12.5 Å². The van der Waals surface area contributed by atoms with E-state index in [2.05, 4.69) is 10.2 Å². The molecule has 1 atom stereocenters. The molecule has 0 aromatic heterocycles. The number of hydrogen-bond donors (Lipinski definition) is 2. The zero-order valence-corrected chi connectivity index (χ0v) is 11.4. The largest absolute Gasteiger partial charge is 0.396 e. The molecule has 1 aliphatic rings. The first kappa shape index (κ1) is 15.4. The number of aliphatic hydroxyl groups is 1. The highest BCUT2D eigenvalue weighted by Crippen LogP contribution is 2.18. The van der Waals surface area contributed by atoms with Gasteiger partial charge in [-0.1, -0.05) is 6.42 Å². The van der Waals surface area contributed by atoms with Crippen molar-refractivity contribution in [3.63, 3.8) is 0 Å². The molecule has 1 unspecified atom stereocenters. The number of ether oxygens (including phenoxy) is 1. The summed E-state index contributed by atoms with van der Waals surface area (Å²) in [5.74, 6) is 0.0796. The summed E-state index contributed by atoms with van der Waals surface area (Å²) in [5.41, 5.74) is 0. The fourth-order valence-electron chi connectivity index (χ4n) is 2.43. The predicted molar refractivity (Wildman–Crippen MR) is 70.4 cm³/mol. The van der Waals surface area contributed by atoms with Gasteiger partial charge in [0.25, 0.3) is 0 Å². The maximum atomic E-state index is 11.8. The van der Waals surface area contributed by atoms with Crippen molar-refractivity contribution in [2.75, 3.05) is 40.0 Å². The van der Waals surface area contributed by atoms with Crippen LogP contribution in [0.15, 0.2) is 0 Å².